The van der Waals surface area contributed by atoms with Crippen molar-refractivity contribution in [2.24, 2.45) is 28.6 Å². The average Bonchev–Trinajstić information content (AvgIpc) is 3.23. The first-order chi connectivity index (χ1) is 19.5. The second-order valence-electron chi connectivity index (χ2n) is 13.2. The number of phenolic OH excluding ortho intramolecular Hbond substituents is 1. The lowest BCUT2D eigenvalue weighted by atomic mass is 9.46. The monoisotopic (exact) mass is 565 g/mol. The number of hydrogen-bond acceptors (Lipinski definition) is 7. The van der Waals surface area contributed by atoms with E-state index in [1.807, 2.05) is 13.0 Å². The number of carbonyl (C=O) groups is 4. The van der Waals surface area contributed by atoms with Gasteiger partial charge in [-0.15, -0.1) is 0 Å². The van der Waals surface area contributed by atoms with Crippen molar-refractivity contribution in [2.45, 2.75) is 90.1 Å². The maximum absolute atomic E-state index is 13.4. The van der Waals surface area contributed by atoms with Gasteiger partial charge in [0.05, 0.1) is 6.42 Å². The van der Waals surface area contributed by atoms with Crippen LogP contribution in [0.4, 0.5) is 0 Å². The van der Waals surface area contributed by atoms with Gasteiger partial charge in [0.15, 0.2) is 12.4 Å². The second-order valence-corrected chi connectivity index (χ2v) is 13.2. The van der Waals surface area contributed by atoms with Crippen LogP contribution in [0.5, 0.6) is 5.75 Å². The van der Waals surface area contributed by atoms with Gasteiger partial charge in [0, 0.05) is 24.8 Å². The molecular weight excluding hydrogens is 522 g/mol. The van der Waals surface area contributed by atoms with Crippen LogP contribution in [0.2, 0.25) is 0 Å². The minimum absolute atomic E-state index is 0.0240. The molecule has 0 aromatic heterocycles. The van der Waals surface area contributed by atoms with E-state index in [-0.39, 0.29) is 41.6 Å². The third-order valence-corrected chi connectivity index (χ3v) is 11.2. The van der Waals surface area contributed by atoms with Gasteiger partial charge in [0.1, 0.15) is 11.4 Å². The number of allylic oxidation sites excluding steroid dienone is 1. The number of rotatable bonds is 9. The van der Waals surface area contributed by atoms with E-state index in [2.05, 4.69) is 12.2 Å². The van der Waals surface area contributed by atoms with Crippen LogP contribution in [0, 0.1) is 28.6 Å². The summed E-state index contributed by atoms with van der Waals surface area (Å²) in [6.07, 6.45) is 8.46. The number of esters is 1. The van der Waals surface area contributed by atoms with E-state index < -0.39 is 29.4 Å². The maximum Gasteiger partial charge on any atom is 0.306 e. The number of carbonyl (C=O) groups excluding carboxylic acids is 4. The van der Waals surface area contributed by atoms with Crippen LogP contribution in [-0.4, -0.2) is 52.4 Å². The summed E-state index contributed by atoms with van der Waals surface area (Å²) in [5.41, 5.74) is 0.183. The standard InChI is InChI=1S/C33H43NO7/c1-31-15-11-24(36)19-22(31)5-8-25-26(31)12-16-32(2)27(25)13-17-33(32,40)28(37)20-41-30(39)10-9-29(38)34-18-14-21-3-6-23(35)7-4-21/h3-4,6-7,19,25-27,35,40H,5,8-18,20H2,1-2H3,(H,34,38)/t25-,26-,27-,31-,32+,33-/m0/s1. The topological polar surface area (TPSA) is 130 Å². The molecule has 4 aliphatic carbocycles. The number of amides is 1. The first-order valence-electron chi connectivity index (χ1n) is 15.2. The Morgan fingerprint density at radius 3 is 2.46 bits per heavy atom. The molecule has 0 radical (unpaired) electrons. The highest BCUT2D eigenvalue weighted by atomic mass is 16.5. The molecule has 1 aromatic carbocycles. The Bertz CT molecular complexity index is 1240. The highest BCUT2D eigenvalue weighted by Crippen LogP contribution is 2.67. The van der Waals surface area contributed by atoms with E-state index in [9.17, 15) is 29.4 Å². The molecule has 8 nitrogen and oxygen atoms in total. The molecule has 1 amide bonds. The largest absolute Gasteiger partial charge is 0.508 e. The molecule has 0 aliphatic heterocycles. The van der Waals surface area contributed by atoms with Crippen LogP contribution in [-0.2, 0) is 30.3 Å². The molecule has 0 spiro atoms. The normalized spacial score (nSPS) is 34.1. The highest BCUT2D eigenvalue weighted by molar-refractivity contribution is 5.92. The van der Waals surface area contributed by atoms with Crippen LogP contribution >= 0.6 is 0 Å². The molecule has 222 valence electrons. The minimum atomic E-state index is -1.53. The number of Topliss-reactive ketones (excluding diaryl/α,β-unsaturated/α-hetero) is 1. The van der Waals surface area contributed by atoms with Gasteiger partial charge in [-0.1, -0.05) is 31.6 Å². The first kappa shape index (κ1) is 29.5. The molecule has 8 heteroatoms. The molecule has 5 rings (SSSR count). The SMILES string of the molecule is C[C@]12CCC(=O)C=C1CC[C@H]1[C@@H]2CC[C@]2(C)[C@H]1CC[C@]2(O)C(=O)COC(=O)CCC(=O)NCCc1ccc(O)cc1. The zero-order valence-electron chi connectivity index (χ0n) is 24.2. The predicted octanol–water partition coefficient (Wildman–Crippen LogP) is 4.21. The molecular formula is C33H43NO7. The molecule has 0 saturated heterocycles. The Hall–Kier alpha value is -3.00. The van der Waals surface area contributed by atoms with E-state index in [0.717, 1.165) is 44.1 Å². The van der Waals surface area contributed by atoms with Gasteiger partial charge in [-0.05, 0) is 98.3 Å². The number of ketones is 2. The fourth-order valence-corrected chi connectivity index (χ4v) is 8.68. The van der Waals surface area contributed by atoms with E-state index in [1.54, 1.807) is 24.3 Å². The zero-order valence-corrected chi connectivity index (χ0v) is 24.2. The third-order valence-electron chi connectivity index (χ3n) is 11.2. The molecule has 41 heavy (non-hydrogen) atoms. The van der Waals surface area contributed by atoms with Crippen molar-refractivity contribution < 1.29 is 34.1 Å². The van der Waals surface area contributed by atoms with Gasteiger partial charge in [0.25, 0.3) is 0 Å². The Balaban J connectivity index is 1.11. The molecule has 0 bridgehead atoms. The molecule has 3 fully saturated rings. The summed E-state index contributed by atoms with van der Waals surface area (Å²) in [6.45, 7) is 4.27. The number of hydrogen-bond donors (Lipinski definition) is 3. The van der Waals surface area contributed by atoms with Crippen LogP contribution in [0.15, 0.2) is 35.9 Å². The average molecular weight is 566 g/mol. The highest BCUT2D eigenvalue weighted by Gasteiger charge is 2.66. The summed E-state index contributed by atoms with van der Waals surface area (Å²) in [5, 5.41) is 23.9. The van der Waals surface area contributed by atoms with Crippen LogP contribution in [0.3, 0.4) is 0 Å². The summed E-state index contributed by atoms with van der Waals surface area (Å²) >= 11 is 0. The summed E-state index contributed by atoms with van der Waals surface area (Å²) in [7, 11) is 0. The van der Waals surface area contributed by atoms with E-state index in [0.29, 0.717) is 37.6 Å². The fourth-order valence-electron chi connectivity index (χ4n) is 8.68. The van der Waals surface area contributed by atoms with E-state index >= 15 is 0 Å². The lowest BCUT2D eigenvalue weighted by Crippen LogP contribution is -2.58. The fraction of sp³-hybridized carbons (Fsp3) is 0.636. The number of aromatic hydroxyl groups is 1. The zero-order chi connectivity index (χ0) is 29.4. The van der Waals surface area contributed by atoms with E-state index in [4.69, 9.17) is 4.74 Å². The molecule has 1 aromatic rings. The summed E-state index contributed by atoms with van der Waals surface area (Å²) < 4.78 is 5.25. The Kier molecular flexibility index (Phi) is 8.16. The van der Waals surface area contributed by atoms with Crippen LogP contribution < -0.4 is 5.32 Å². The Labute approximate surface area is 241 Å². The van der Waals surface area contributed by atoms with Crippen LogP contribution in [0.25, 0.3) is 0 Å². The van der Waals surface area contributed by atoms with Crippen molar-refractivity contribution in [1.82, 2.24) is 5.32 Å². The molecule has 4 aliphatic rings. The molecule has 3 saturated carbocycles. The van der Waals surface area contributed by atoms with Gasteiger partial charge in [-0.25, -0.2) is 0 Å². The van der Waals surface area contributed by atoms with Crippen molar-refractivity contribution in [3.63, 3.8) is 0 Å². The number of aliphatic hydroxyl groups is 1. The summed E-state index contributed by atoms with van der Waals surface area (Å²) in [6, 6.07) is 6.74. The number of ether oxygens (including phenoxy) is 1. The quantitative estimate of drug-likeness (QED) is 0.383. The van der Waals surface area contributed by atoms with Crippen molar-refractivity contribution in [3.8, 4) is 5.75 Å². The van der Waals surface area contributed by atoms with Gasteiger partial charge < -0.3 is 20.3 Å². The lowest BCUT2D eigenvalue weighted by molar-refractivity contribution is -0.170. The maximum atomic E-state index is 13.4. The van der Waals surface area contributed by atoms with Gasteiger partial charge >= 0.3 is 5.97 Å². The van der Waals surface area contributed by atoms with Gasteiger partial charge in [-0.2, -0.15) is 0 Å². The molecule has 0 heterocycles. The van der Waals surface area contributed by atoms with Crippen molar-refractivity contribution in [2.75, 3.05) is 13.2 Å². The molecule has 6 atom stereocenters. The number of nitrogens with one attached hydrogen (secondary N) is 1. The third kappa shape index (κ3) is 5.47. The number of benzene rings is 1. The Morgan fingerprint density at radius 1 is 0.976 bits per heavy atom. The summed E-state index contributed by atoms with van der Waals surface area (Å²) in [5.74, 6) is 0.131. The lowest BCUT2D eigenvalue weighted by Gasteiger charge is -2.58. The minimum Gasteiger partial charge on any atom is -0.508 e. The van der Waals surface area contributed by atoms with Crippen LogP contribution in [0.1, 0.15) is 83.6 Å². The number of fused-ring (bicyclic) bond motifs is 5. The van der Waals surface area contributed by atoms with Gasteiger partial charge in [0.2, 0.25) is 11.7 Å². The van der Waals surface area contributed by atoms with Gasteiger partial charge in [-0.3, -0.25) is 19.2 Å². The van der Waals surface area contributed by atoms with E-state index in [1.165, 1.54) is 5.57 Å². The molecule has 0 unspecified atom stereocenters. The predicted molar refractivity (Wildman–Crippen MR) is 152 cm³/mol. The Morgan fingerprint density at radius 2 is 1.71 bits per heavy atom. The second kappa shape index (κ2) is 11.3. The van der Waals surface area contributed by atoms with Crippen molar-refractivity contribution in [1.29, 1.82) is 0 Å². The van der Waals surface area contributed by atoms with Crippen molar-refractivity contribution in [3.05, 3.63) is 41.5 Å². The number of phenols is 1. The van der Waals surface area contributed by atoms with Crippen molar-refractivity contribution >= 4 is 23.4 Å². The summed E-state index contributed by atoms with van der Waals surface area (Å²) in [4.78, 5) is 50.0. The molecule has 3 N–H and O–H groups in total. The first-order valence-corrected chi connectivity index (χ1v) is 15.2. The smallest absolute Gasteiger partial charge is 0.306 e.